The van der Waals surface area contributed by atoms with E-state index < -0.39 is 4.92 Å². The van der Waals surface area contributed by atoms with Crippen molar-refractivity contribution in [2.45, 2.75) is 52.3 Å². The van der Waals surface area contributed by atoms with Crippen molar-refractivity contribution in [2.24, 2.45) is 5.92 Å². The molecule has 1 aliphatic rings. The molecule has 122 valence electrons. The van der Waals surface area contributed by atoms with E-state index in [4.69, 9.17) is 4.74 Å². The highest BCUT2D eigenvalue weighted by Crippen LogP contribution is 2.16. The first-order valence-corrected chi connectivity index (χ1v) is 7.49. The number of aromatic nitrogens is 2. The first-order valence-electron chi connectivity index (χ1n) is 7.49. The van der Waals surface area contributed by atoms with Gasteiger partial charge in [-0.25, -0.2) is 0 Å². The molecule has 1 fully saturated rings. The Morgan fingerprint density at radius 3 is 2.91 bits per heavy atom. The van der Waals surface area contributed by atoms with Crippen LogP contribution in [0.5, 0.6) is 0 Å². The van der Waals surface area contributed by atoms with Gasteiger partial charge in [-0.1, -0.05) is 6.92 Å². The summed E-state index contributed by atoms with van der Waals surface area (Å²) in [4.78, 5) is 22.4. The molecule has 1 N–H and O–H groups in total. The summed E-state index contributed by atoms with van der Waals surface area (Å²) in [5.41, 5.74) is 0.665. The van der Waals surface area contributed by atoms with Gasteiger partial charge in [-0.15, -0.1) is 0 Å². The Balaban J connectivity index is 1.92. The fourth-order valence-corrected chi connectivity index (χ4v) is 2.57. The first-order chi connectivity index (χ1) is 10.4. The van der Waals surface area contributed by atoms with Crippen LogP contribution < -0.4 is 5.32 Å². The van der Waals surface area contributed by atoms with Crippen LogP contribution in [-0.2, 0) is 16.1 Å². The fraction of sp³-hybridized carbons (Fsp3) is 0.714. The number of nitrogens with one attached hydrogen (secondary N) is 1. The second-order valence-corrected chi connectivity index (χ2v) is 5.83. The molecule has 0 radical (unpaired) electrons. The molecular weight excluding hydrogens is 288 g/mol. The van der Waals surface area contributed by atoms with Crippen LogP contribution in [0.3, 0.4) is 0 Å². The number of nitrogens with zero attached hydrogens (tertiary/aromatic N) is 3. The summed E-state index contributed by atoms with van der Waals surface area (Å²) in [5.74, 6) is -0.625. The zero-order valence-electron chi connectivity index (χ0n) is 13.1. The van der Waals surface area contributed by atoms with E-state index in [0.717, 1.165) is 19.4 Å². The molecule has 22 heavy (non-hydrogen) atoms. The number of hydrogen-bond donors (Lipinski definition) is 1. The normalized spacial score (nSPS) is 20.6. The standard InChI is InChI=1S/C14H22N4O4/c1-9(8-17-10(2)7-13(16-17)18(20)21)14(19)15-11(3)12-5-4-6-22-12/h7,9,11-12H,4-6,8H2,1-3H3,(H,15,19)/t9-,11-,12-/m0/s1. The van der Waals surface area contributed by atoms with Gasteiger partial charge in [0, 0.05) is 6.61 Å². The average molecular weight is 310 g/mol. The minimum Gasteiger partial charge on any atom is -0.376 e. The number of amides is 1. The average Bonchev–Trinajstić information content (AvgIpc) is 3.09. The number of rotatable bonds is 6. The highest BCUT2D eigenvalue weighted by atomic mass is 16.6. The summed E-state index contributed by atoms with van der Waals surface area (Å²) in [6, 6.07) is 1.37. The summed E-state index contributed by atoms with van der Waals surface area (Å²) < 4.78 is 7.05. The van der Waals surface area contributed by atoms with Gasteiger partial charge in [0.1, 0.15) is 0 Å². The molecule has 1 aliphatic heterocycles. The summed E-state index contributed by atoms with van der Waals surface area (Å²) in [6.07, 6.45) is 2.06. The largest absolute Gasteiger partial charge is 0.390 e. The van der Waals surface area contributed by atoms with E-state index in [0.29, 0.717) is 12.2 Å². The van der Waals surface area contributed by atoms with E-state index in [1.807, 2.05) is 6.92 Å². The predicted molar refractivity (Wildman–Crippen MR) is 79.4 cm³/mol. The lowest BCUT2D eigenvalue weighted by Gasteiger charge is -2.22. The smallest absolute Gasteiger partial charge is 0.376 e. The maximum absolute atomic E-state index is 12.2. The second-order valence-electron chi connectivity index (χ2n) is 5.83. The Kier molecular flexibility index (Phi) is 5.12. The van der Waals surface area contributed by atoms with Crippen molar-refractivity contribution in [1.82, 2.24) is 15.1 Å². The van der Waals surface area contributed by atoms with Crippen LogP contribution in [0.2, 0.25) is 0 Å². The van der Waals surface area contributed by atoms with Gasteiger partial charge in [0.15, 0.2) is 0 Å². The number of carbonyl (C=O) groups is 1. The molecule has 0 aromatic carbocycles. The zero-order chi connectivity index (χ0) is 16.3. The van der Waals surface area contributed by atoms with Gasteiger partial charge in [-0.2, -0.15) is 4.68 Å². The first kappa shape index (κ1) is 16.4. The molecule has 2 rings (SSSR count). The summed E-state index contributed by atoms with van der Waals surface area (Å²) in [7, 11) is 0. The van der Waals surface area contributed by atoms with E-state index in [-0.39, 0.29) is 29.8 Å². The third-order valence-electron chi connectivity index (χ3n) is 3.94. The maximum Gasteiger partial charge on any atom is 0.390 e. The van der Waals surface area contributed by atoms with E-state index in [1.54, 1.807) is 13.8 Å². The van der Waals surface area contributed by atoms with Gasteiger partial charge in [-0.3, -0.25) is 4.79 Å². The molecule has 0 saturated carbocycles. The van der Waals surface area contributed by atoms with E-state index in [1.165, 1.54) is 10.7 Å². The fourth-order valence-electron chi connectivity index (χ4n) is 2.57. The van der Waals surface area contributed by atoms with Gasteiger partial charge < -0.3 is 20.2 Å². The number of ether oxygens (including phenoxy) is 1. The summed E-state index contributed by atoms with van der Waals surface area (Å²) in [6.45, 7) is 6.51. The van der Waals surface area contributed by atoms with E-state index >= 15 is 0 Å². The molecular formula is C14H22N4O4. The molecule has 1 aromatic rings. The molecule has 0 bridgehead atoms. The second kappa shape index (κ2) is 6.87. The molecule has 8 nitrogen and oxygen atoms in total. The topological polar surface area (TPSA) is 99.3 Å². The highest BCUT2D eigenvalue weighted by Gasteiger charge is 2.26. The SMILES string of the molecule is Cc1cc([N+](=O)[O-])nn1C[C@H](C)C(=O)N[C@@H](C)[C@@H]1CCCO1. The molecule has 0 unspecified atom stereocenters. The quantitative estimate of drug-likeness (QED) is 0.633. The van der Waals surface area contributed by atoms with Gasteiger partial charge in [0.05, 0.1) is 41.5 Å². The summed E-state index contributed by atoms with van der Waals surface area (Å²) in [5, 5.41) is 17.6. The minimum absolute atomic E-state index is 0.0366. The molecule has 1 aromatic heterocycles. The van der Waals surface area contributed by atoms with Crippen molar-refractivity contribution >= 4 is 11.7 Å². The van der Waals surface area contributed by atoms with Gasteiger partial charge in [-0.05, 0) is 31.6 Å². The Bertz CT molecular complexity index is 551. The lowest BCUT2D eigenvalue weighted by Crippen LogP contribution is -2.43. The third kappa shape index (κ3) is 3.82. The van der Waals surface area contributed by atoms with Crippen LogP contribution in [0.1, 0.15) is 32.4 Å². The Morgan fingerprint density at radius 2 is 2.36 bits per heavy atom. The molecule has 2 heterocycles. The maximum atomic E-state index is 12.2. The molecule has 1 amide bonds. The van der Waals surface area contributed by atoms with Crippen LogP contribution in [0.25, 0.3) is 0 Å². The van der Waals surface area contributed by atoms with E-state index in [9.17, 15) is 14.9 Å². The minimum atomic E-state index is -0.534. The van der Waals surface area contributed by atoms with Crippen molar-refractivity contribution in [2.75, 3.05) is 6.61 Å². The van der Waals surface area contributed by atoms with Gasteiger partial charge >= 0.3 is 5.82 Å². The third-order valence-corrected chi connectivity index (χ3v) is 3.94. The molecule has 1 saturated heterocycles. The number of aryl methyl sites for hydroxylation is 1. The number of carbonyl (C=O) groups excluding carboxylic acids is 1. The van der Waals surface area contributed by atoms with Crippen LogP contribution in [0.4, 0.5) is 5.82 Å². The number of hydrogen-bond acceptors (Lipinski definition) is 5. The molecule has 0 aliphatic carbocycles. The van der Waals surface area contributed by atoms with Gasteiger partial charge in [0.2, 0.25) is 5.91 Å². The van der Waals surface area contributed by atoms with E-state index in [2.05, 4.69) is 10.4 Å². The Labute approximate surface area is 129 Å². The van der Waals surface area contributed by atoms with Crippen molar-refractivity contribution < 1.29 is 14.5 Å². The Morgan fingerprint density at radius 1 is 1.64 bits per heavy atom. The lowest BCUT2D eigenvalue weighted by molar-refractivity contribution is -0.389. The molecule has 0 spiro atoms. The number of nitro groups is 1. The van der Waals surface area contributed by atoms with Gasteiger partial charge in [0.25, 0.3) is 0 Å². The molecule has 3 atom stereocenters. The van der Waals surface area contributed by atoms with Crippen LogP contribution in [0, 0.1) is 23.0 Å². The van der Waals surface area contributed by atoms with Crippen LogP contribution in [0.15, 0.2) is 6.07 Å². The highest BCUT2D eigenvalue weighted by molar-refractivity contribution is 5.78. The van der Waals surface area contributed by atoms with Crippen LogP contribution >= 0.6 is 0 Å². The monoisotopic (exact) mass is 310 g/mol. The van der Waals surface area contributed by atoms with Crippen LogP contribution in [-0.4, -0.2) is 39.4 Å². The van der Waals surface area contributed by atoms with Crippen molar-refractivity contribution in [3.8, 4) is 0 Å². The van der Waals surface area contributed by atoms with Crippen molar-refractivity contribution in [1.29, 1.82) is 0 Å². The van der Waals surface area contributed by atoms with Crippen molar-refractivity contribution in [3.05, 3.63) is 21.9 Å². The summed E-state index contributed by atoms with van der Waals surface area (Å²) >= 11 is 0. The zero-order valence-corrected chi connectivity index (χ0v) is 13.1. The lowest BCUT2D eigenvalue weighted by atomic mass is 10.1. The Hall–Kier alpha value is -1.96. The molecule has 8 heteroatoms. The van der Waals surface area contributed by atoms with Crippen molar-refractivity contribution in [3.63, 3.8) is 0 Å². The predicted octanol–water partition coefficient (Wildman–Crippen LogP) is 1.42.